The molecule has 3 aromatic carbocycles. The number of benzene rings is 3. The highest BCUT2D eigenvalue weighted by Gasteiger charge is 2.34. The molecule has 214 valence electrons. The number of nitrogens with zero attached hydrogens (tertiary/aromatic N) is 2. The summed E-state index contributed by atoms with van der Waals surface area (Å²) in [6.45, 7) is 10.6. The highest BCUT2D eigenvalue weighted by molar-refractivity contribution is 7.92. The third kappa shape index (κ3) is 7.41. The van der Waals surface area contributed by atoms with Crippen molar-refractivity contribution in [3.63, 3.8) is 0 Å². The lowest BCUT2D eigenvalue weighted by atomic mass is 10.1. The summed E-state index contributed by atoms with van der Waals surface area (Å²) in [6, 6.07) is 19.8. The molecule has 1 atom stereocenters. The Morgan fingerprint density at radius 1 is 0.925 bits per heavy atom. The molecular formula is C31H39N3O5S. The van der Waals surface area contributed by atoms with E-state index in [9.17, 15) is 18.0 Å². The molecule has 0 fully saturated rings. The lowest BCUT2D eigenvalue weighted by Gasteiger charge is -2.34. The van der Waals surface area contributed by atoms with Crippen LogP contribution >= 0.6 is 0 Å². The summed E-state index contributed by atoms with van der Waals surface area (Å²) in [5.74, 6) is -0.559. The van der Waals surface area contributed by atoms with Gasteiger partial charge in [0.2, 0.25) is 11.8 Å². The smallest absolute Gasteiger partial charge is 0.264 e. The average Bonchev–Trinajstić information content (AvgIpc) is 2.90. The molecule has 9 heteroatoms. The zero-order valence-corrected chi connectivity index (χ0v) is 25.1. The fraction of sp³-hybridized carbons (Fsp3) is 0.355. The Hall–Kier alpha value is -3.85. The van der Waals surface area contributed by atoms with E-state index in [1.165, 1.54) is 24.1 Å². The lowest BCUT2D eigenvalue weighted by Crippen LogP contribution is -2.54. The number of anilines is 1. The average molecular weight is 566 g/mol. The molecule has 1 unspecified atom stereocenters. The molecule has 1 N–H and O–H groups in total. The van der Waals surface area contributed by atoms with Crippen LogP contribution in [0.25, 0.3) is 0 Å². The number of para-hydroxylation sites is 2. The van der Waals surface area contributed by atoms with Crippen molar-refractivity contribution in [1.82, 2.24) is 10.2 Å². The molecule has 3 aromatic rings. The number of nitrogens with one attached hydrogen (secondary N) is 1. The van der Waals surface area contributed by atoms with Crippen molar-refractivity contribution in [2.75, 3.05) is 18.0 Å². The maximum Gasteiger partial charge on any atom is 0.264 e. The lowest BCUT2D eigenvalue weighted by molar-refractivity contribution is -0.140. The number of amides is 2. The fourth-order valence-corrected chi connectivity index (χ4v) is 5.64. The summed E-state index contributed by atoms with van der Waals surface area (Å²) < 4.78 is 34.5. The van der Waals surface area contributed by atoms with Crippen molar-refractivity contribution in [3.8, 4) is 5.75 Å². The summed E-state index contributed by atoms with van der Waals surface area (Å²) in [7, 11) is -2.74. The van der Waals surface area contributed by atoms with E-state index in [0.717, 1.165) is 21.0 Å². The number of aryl methyl sites for hydroxylation is 2. The van der Waals surface area contributed by atoms with Gasteiger partial charge in [0, 0.05) is 12.1 Å². The largest absolute Gasteiger partial charge is 0.495 e. The molecule has 0 saturated heterocycles. The summed E-state index contributed by atoms with van der Waals surface area (Å²) in [5, 5.41) is 2.93. The predicted molar refractivity (Wildman–Crippen MR) is 158 cm³/mol. The van der Waals surface area contributed by atoms with Crippen molar-refractivity contribution < 1.29 is 22.7 Å². The topological polar surface area (TPSA) is 96.0 Å². The van der Waals surface area contributed by atoms with Crippen LogP contribution < -0.4 is 14.4 Å². The molecule has 40 heavy (non-hydrogen) atoms. The van der Waals surface area contributed by atoms with Gasteiger partial charge in [-0.3, -0.25) is 13.9 Å². The van der Waals surface area contributed by atoms with E-state index in [1.807, 2.05) is 58.9 Å². The van der Waals surface area contributed by atoms with E-state index < -0.39 is 34.1 Å². The first-order valence-electron chi connectivity index (χ1n) is 13.1. The number of methoxy groups -OCH3 is 1. The van der Waals surface area contributed by atoms with Crippen molar-refractivity contribution in [3.05, 3.63) is 89.5 Å². The minimum absolute atomic E-state index is 0.0424. The van der Waals surface area contributed by atoms with Gasteiger partial charge in [0.25, 0.3) is 10.0 Å². The van der Waals surface area contributed by atoms with Crippen LogP contribution in [-0.4, -0.2) is 50.4 Å². The van der Waals surface area contributed by atoms with Gasteiger partial charge in [0.1, 0.15) is 18.3 Å². The van der Waals surface area contributed by atoms with E-state index in [4.69, 9.17) is 4.74 Å². The van der Waals surface area contributed by atoms with Gasteiger partial charge in [0.05, 0.1) is 17.7 Å². The molecule has 0 aliphatic rings. The van der Waals surface area contributed by atoms with Gasteiger partial charge in [-0.25, -0.2) is 8.42 Å². The number of hydrogen-bond acceptors (Lipinski definition) is 5. The summed E-state index contributed by atoms with van der Waals surface area (Å²) in [5.41, 5.74) is 2.43. The second kappa shape index (κ2) is 12.6. The Balaban J connectivity index is 2.09. The molecule has 0 aliphatic heterocycles. The number of carbonyl (C=O) groups excluding carboxylic acids is 2. The van der Waals surface area contributed by atoms with Gasteiger partial charge in [-0.15, -0.1) is 0 Å². The van der Waals surface area contributed by atoms with E-state index in [0.29, 0.717) is 5.75 Å². The Morgan fingerprint density at radius 3 is 2.12 bits per heavy atom. The first kappa shape index (κ1) is 30.7. The maximum atomic E-state index is 14.1. The van der Waals surface area contributed by atoms with Crippen LogP contribution in [-0.2, 0) is 26.2 Å². The Bertz CT molecular complexity index is 1450. The van der Waals surface area contributed by atoms with Crippen LogP contribution in [0.1, 0.15) is 44.4 Å². The fourth-order valence-electron chi connectivity index (χ4n) is 4.21. The standard InChI is InChI=1S/C31H39N3O5S/c1-22-16-18-26(19-17-22)40(37,38)34(27-14-10-11-15-28(27)39-7)21-29(35)33(20-25-13-9-8-12-23(25)2)24(3)30(36)32-31(4,5)6/h8-19,24H,20-21H2,1-7H3,(H,32,36). The van der Waals surface area contributed by atoms with E-state index in [-0.39, 0.29) is 23.0 Å². The number of rotatable bonds is 10. The summed E-state index contributed by atoms with van der Waals surface area (Å²) >= 11 is 0. The van der Waals surface area contributed by atoms with Gasteiger partial charge >= 0.3 is 0 Å². The monoisotopic (exact) mass is 565 g/mol. The molecule has 0 aliphatic carbocycles. The number of sulfonamides is 1. The first-order chi connectivity index (χ1) is 18.7. The highest BCUT2D eigenvalue weighted by Crippen LogP contribution is 2.32. The first-order valence-corrected chi connectivity index (χ1v) is 14.6. The SMILES string of the molecule is COc1ccccc1N(CC(=O)N(Cc1ccccc1C)C(C)C(=O)NC(C)(C)C)S(=O)(=O)c1ccc(C)cc1. The van der Waals surface area contributed by atoms with Crippen molar-refractivity contribution >= 4 is 27.5 Å². The molecule has 8 nitrogen and oxygen atoms in total. The third-order valence-corrected chi connectivity index (χ3v) is 8.28. The number of ether oxygens (including phenoxy) is 1. The van der Waals surface area contributed by atoms with Crippen LogP contribution in [0.3, 0.4) is 0 Å². The van der Waals surface area contributed by atoms with Gasteiger partial charge in [-0.05, 0) is 76.9 Å². The van der Waals surface area contributed by atoms with Gasteiger partial charge in [-0.1, -0.05) is 54.1 Å². The molecule has 0 spiro atoms. The Kier molecular flexibility index (Phi) is 9.63. The molecule has 2 amide bonds. The molecule has 0 heterocycles. The quantitative estimate of drug-likeness (QED) is 0.380. The maximum absolute atomic E-state index is 14.1. The van der Waals surface area contributed by atoms with Gasteiger partial charge in [-0.2, -0.15) is 0 Å². The van der Waals surface area contributed by atoms with Crippen LogP contribution in [0.4, 0.5) is 5.69 Å². The van der Waals surface area contributed by atoms with Gasteiger partial charge < -0.3 is 15.0 Å². The Morgan fingerprint density at radius 2 is 1.52 bits per heavy atom. The minimum atomic E-state index is -4.18. The van der Waals surface area contributed by atoms with Crippen LogP contribution in [0.15, 0.2) is 77.7 Å². The van der Waals surface area contributed by atoms with E-state index in [1.54, 1.807) is 43.3 Å². The molecular weight excluding hydrogens is 526 g/mol. The predicted octanol–water partition coefficient (Wildman–Crippen LogP) is 4.84. The molecule has 0 radical (unpaired) electrons. The van der Waals surface area contributed by atoms with E-state index in [2.05, 4.69) is 5.32 Å². The number of carbonyl (C=O) groups is 2. The summed E-state index contributed by atoms with van der Waals surface area (Å²) in [6.07, 6.45) is 0. The minimum Gasteiger partial charge on any atom is -0.495 e. The van der Waals surface area contributed by atoms with Crippen LogP contribution in [0.2, 0.25) is 0 Å². The van der Waals surface area contributed by atoms with Crippen molar-refractivity contribution in [2.24, 2.45) is 0 Å². The molecule has 0 saturated carbocycles. The molecule has 0 bridgehead atoms. The van der Waals surface area contributed by atoms with Gasteiger partial charge in [0.15, 0.2) is 0 Å². The normalized spacial score (nSPS) is 12.4. The molecule has 3 rings (SSSR count). The summed E-state index contributed by atoms with van der Waals surface area (Å²) in [4.78, 5) is 28.8. The zero-order valence-electron chi connectivity index (χ0n) is 24.3. The second-order valence-corrected chi connectivity index (χ2v) is 12.7. The Labute approximate surface area is 238 Å². The van der Waals surface area contributed by atoms with Crippen molar-refractivity contribution in [1.29, 1.82) is 0 Å². The van der Waals surface area contributed by atoms with Crippen molar-refractivity contribution in [2.45, 2.75) is 64.6 Å². The third-order valence-electron chi connectivity index (χ3n) is 6.51. The zero-order chi connectivity index (χ0) is 29.7. The van der Waals surface area contributed by atoms with E-state index >= 15 is 0 Å². The molecule has 0 aromatic heterocycles. The number of hydrogen-bond donors (Lipinski definition) is 1. The second-order valence-electron chi connectivity index (χ2n) is 10.9. The van der Waals surface area contributed by atoms with Crippen LogP contribution in [0, 0.1) is 13.8 Å². The van der Waals surface area contributed by atoms with Crippen LogP contribution in [0.5, 0.6) is 5.75 Å². The highest BCUT2D eigenvalue weighted by atomic mass is 32.2.